The van der Waals surface area contributed by atoms with Gasteiger partial charge in [-0.1, -0.05) is 13.0 Å². The standard InChI is InChI=1S/C15H21N5O/c1-3-15(9-6-10-15)20-14(17-18-19-20)13-11(16)7-5-8-12(13)21-4-2/h5,7-8H,3-4,6,9-10,16H2,1-2H3. The number of tetrazole rings is 1. The highest BCUT2D eigenvalue weighted by Gasteiger charge is 2.40. The largest absolute Gasteiger partial charge is 0.493 e. The molecule has 0 spiro atoms. The lowest BCUT2D eigenvalue weighted by Crippen LogP contribution is -2.41. The molecule has 0 unspecified atom stereocenters. The molecule has 1 heterocycles. The molecule has 112 valence electrons. The number of nitrogens with two attached hydrogens (primary N) is 1. The predicted molar refractivity (Wildman–Crippen MR) is 81.0 cm³/mol. The van der Waals surface area contributed by atoms with Crippen molar-refractivity contribution >= 4 is 5.69 Å². The van der Waals surface area contributed by atoms with Crippen LogP contribution in [0.25, 0.3) is 11.4 Å². The highest BCUT2D eigenvalue weighted by molar-refractivity contribution is 5.77. The van der Waals surface area contributed by atoms with Crippen LogP contribution in [-0.4, -0.2) is 26.8 Å². The van der Waals surface area contributed by atoms with Crippen LogP contribution < -0.4 is 10.5 Å². The topological polar surface area (TPSA) is 78.8 Å². The lowest BCUT2D eigenvalue weighted by Gasteiger charge is -2.41. The number of anilines is 1. The fourth-order valence-corrected chi connectivity index (χ4v) is 3.03. The van der Waals surface area contributed by atoms with Crippen LogP contribution in [0.4, 0.5) is 5.69 Å². The third kappa shape index (κ3) is 2.14. The predicted octanol–water partition coefficient (Wildman–Crippen LogP) is 2.61. The van der Waals surface area contributed by atoms with Gasteiger partial charge >= 0.3 is 0 Å². The van der Waals surface area contributed by atoms with Gasteiger partial charge in [-0.05, 0) is 55.2 Å². The highest BCUT2D eigenvalue weighted by atomic mass is 16.5. The van der Waals surface area contributed by atoms with Gasteiger partial charge in [0, 0.05) is 5.69 Å². The zero-order chi connectivity index (χ0) is 14.9. The van der Waals surface area contributed by atoms with E-state index in [0.29, 0.717) is 18.1 Å². The van der Waals surface area contributed by atoms with Crippen molar-refractivity contribution < 1.29 is 4.74 Å². The molecule has 0 aliphatic heterocycles. The van der Waals surface area contributed by atoms with E-state index in [1.54, 1.807) is 0 Å². The maximum atomic E-state index is 6.17. The maximum absolute atomic E-state index is 6.17. The minimum Gasteiger partial charge on any atom is -0.493 e. The molecule has 1 aromatic carbocycles. The van der Waals surface area contributed by atoms with E-state index in [2.05, 4.69) is 22.4 Å². The zero-order valence-electron chi connectivity index (χ0n) is 12.5. The van der Waals surface area contributed by atoms with E-state index in [-0.39, 0.29) is 5.54 Å². The molecule has 1 aliphatic rings. The van der Waals surface area contributed by atoms with E-state index in [1.807, 2.05) is 29.8 Å². The number of benzene rings is 1. The van der Waals surface area contributed by atoms with Crippen LogP contribution in [0.2, 0.25) is 0 Å². The quantitative estimate of drug-likeness (QED) is 0.855. The summed E-state index contributed by atoms with van der Waals surface area (Å²) < 4.78 is 7.65. The summed E-state index contributed by atoms with van der Waals surface area (Å²) in [6, 6.07) is 5.65. The Labute approximate surface area is 124 Å². The van der Waals surface area contributed by atoms with Crippen LogP contribution in [0.15, 0.2) is 18.2 Å². The first-order valence-corrected chi connectivity index (χ1v) is 7.52. The molecule has 0 bridgehead atoms. The average Bonchev–Trinajstić information content (AvgIpc) is 2.88. The SMILES string of the molecule is CCOc1cccc(N)c1-c1nnnn1C1(CC)CCC1. The fourth-order valence-electron chi connectivity index (χ4n) is 3.03. The fraction of sp³-hybridized carbons (Fsp3) is 0.533. The second kappa shape index (κ2) is 5.35. The van der Waals surface area contributed by atoms with Crippen molar-refractivity contribution in [3.8, 4) is 17.1 Å². The second-order valence-corrected chi connectivity index (χ2v) is 5.50. The van der Waals surface area contributed by atoms with Gasteiger partial charge in [0.25, 0.3) is 0 Å². The summed E-state index contributed by atoms with van der Waals surface area (Å²) in [5, 5.41) is 12.4. The van der Waals surface area contributed by atoms with Gasteiger partial charge in [-0.25, -0.2) is 4.68 Å². The Bertz CT molecular complexity index is 627. The molecule has 2 aromatic rings. The molecule has 21 heavy (non-hydrogen) atoms. The summed E-state index contributed by atoms with van der Waals surface area (Å²) in [6.07, 6.45) is 4.45. The van der Waals surface area contributed by atoms with Crippen molar-refractivity contribution in [2.24, 2.45) is 0 Å². The first-order chi connectivity index (χ1) is 10.2. The normalized spacial score (nSPS) is 16.5. The first kappa shape index (κ1) is 13.9. The Kier molecular flexibility index (Phi) is 3.53. The van der Waals surface area contributed by atoms with Crippen molar-refractivity contribution in [2.45, 2.75) is 45.1 Å². The Hall–Kier alpha value is -2.11. The van der Waals surface area contributed by atoms with Gasteiger partial charge in [0.05, 0.1) is 17.7 Å². The number of hydrogen-bond acceptors (Lipinski definition) is 5. The van der Waals surface area contributed by atoms with Crippen LogP contribution in [0.1, 0.15) is 39.5 Å². The molecular formula is C15H21N5O. The number of ether oxygens (including phenoxy) is 1. The van der Waals surface area contributed by atoms with Crippen molar-refractivity contribution in [1.29, 1.82) is 0 Å². The highest BCUT2D eigenvalue weighted by Crippen LogP contribution is 2.44. The number of rotatable bonds is 5. The van der Waals surface area contributed by atoms with Crippen molar-refractivity contribution in [3.63, 3.8) is 0 Å². The van der Waals surface area contributed by atoms with E-state index >= 15 is 0 Å². The van der Waals surface area contributed by atoms with E-state index in [9.17, 15) is 0 Å². The molecule has 2 N–H and O–H groups in total. The van der Waals surface area contributed by atoms with Gasteiger partial charge in [-0.15, -0.1) is 5.10 Å². The van der Waals surface area contributed by atoms with E-state index in [1.165, 1.54) is 6.42 Å². The second-order valence-electron chi connectivity index (χ2n) is 5.50. The van der Waals surface area contributed by atoms with Gasteiger partial charge in [0.1, 0.15) is 5.75 Å². The molecule has 1 saturated carbocycles. The molecule has 0 radical (unpaired) electrons. The van der Waals surface area contributed by atoms with Crippen molar-refractivity contribution in [1.82, 2.24) is 20.2 Å². The van der Waals surface area contributed by atoms with Crippen molar-refractivity contribution in [3.05, 3.63) is 18.2 Å². The molecule has 0 amide bonds. The summed E-state index contributed by atoms with van der Waals surface area (Å²) in [6.45, 7) is 4.72. The minimum atomic E-state index is 0.0323. The van der Waals surface area contributed by atoms with E-state index in [0.717, 1.165) is 30.6 Å². The summed E-state index contributed by atoms with van der Waals surface area (Å²) in [7, 11) is 0. The lowest BCUT2D eigenvalue weighted by atomic mass is 9.75. The van der Waals surface area contributed by atoms with Crippen LogP contribution in [-0.2, 0) is 5.54 Å². The summed E-state index contributed by atoms with van der Waals surface area (Å²) >= 11 is 0. The molecule has 1 fully saturated rings. The summed E-state index contributed by atoms with van der Waals surface area (Å²) in [5.74, 6) is 1.44. The molecule has 0 atom stereocenters. The van der Waals surface area contributed by atoms with Crippen LogP contribution >= 0.6 is 0 Å². The minimum absolute atomic E-state index is 0.0323. The van der Waals surface area contributed by atoms with Gasteiger partial charge in [-0.3, -0.25) is 0 Å². The van der Waals surface area contributed by atoms with Gasteiger partial charge in [0.2, 0.25) is 0 Å². The number of nitrogen functional groups attached to an aromatic ring is 1. The lowest BCUT2D eigenvalue weighted by molar-refractivity contribution is 0.118. The van der Waals surface area contributed by atoms with Gasteiger partial charge in [0.15, 0.2) is 5.82 Å². The molecule has 6 nitrogen and oxygen atoms in total. The van der Waals surface area contributed by atoms with Gasteiger partial charge < -0.3 is 10.5 Å². The third-order valence-electron chi connectivity index (χ3n) is 4.44. The zero-order valence-corrected chi connectivity index (χ0v) is 12.5. The summed E-state index contributed by atoms with van der Waals surface area (Å²) in [4.78, 5) is 0. The Morgan fingerprint density at radius 1 is 1.33 bits per heavy atom. The molecular weight excluding hydrogens is 266 g/mol. The number of nitrogens with zero attached hydrogens (tertiary/aromatic N) is 4. The molecule has 0 saturated heterocycles. The monoisotopic (exact) mass is 287 g/mol. The maximum Gasteiger partial charge on any atom is 0.188 e. The molecule has 1 aliphatic carbocycles. The van der Waals surface area contributed by atoms with Crippen LogP contribution in [0.5, 0.6) is 5.75 Å². The van der Waals surface area contributed by atoms with E-state index in [4.69, 9.17) is 10.5 Å². The average molecular weight is 287 g/mol. The molecule has 3 rings (SSSR count). The van der Waals surface area contributed by atoms with Gasteiger partial charge in [-0.2, -0.15) is 0 Å². The third-order valence-corrected chi connectivity index (χ3v) is 4.44. The molecule has 6 heteroatoms. The van der Waals surface area contributed by atoms with E-state index < -0.39 is 0 Å². The Morgan fingerprint density at radius 3 is 2.76 bits per heavy atom. The molecule has 1 aromatic heterocycles. The first-order valence-electron chi connectivity index (χ1n) is 7.52. The summed E-state index contributed by atoms with van der Waals surface area (Å²) in [5.41, 5.74) is 7.64. The van der Waals surface area contributed by atoms with Crippen LogP contribution in [0, 0.1) is 0 Å². The Morgan fingerprint density at radius 2 is 2.14 bits per heavy atom. The number of aromatic nitrogens is 4. The van der Waals surface area contributed by atoms with Crippen molar-refractivity contribution in [2.75, 3.05) is 12.3 Å². The number of hydrogen-bond donors (Lipinski definition) is 1. The Balaban J connectivity index is 2.12. The smallest absolute Gasteiger partial charge is 0.188 e. The van der Waals surface area contributed by atoms with Crippen LogP contribution in [0.3, 0.4) is 0 Å².